The molecule has 0 aliphatic carbocycles. The van der Waals surface area contributed by atoms with E-state index in [0.29, 0.717) is 25.8 Å². The van der Waals surface area contributed by atoms with E-state index in [1.807, 2.05) is 0 Å². The molecule has 130 valence electrons. The van der Waals surface area contributed by atoms with Crippen LogP contribution in [0.3, 0.4) is 0 Å². The summed E-state index contributed by atoms with van der Waals surface area (Å²) in [5, 5.41) is 4.01. The molecule has 3 aromatic rings. The van der Waals surface area contributed by atoms with E-state index >= 15 is 0 Å². The molecule has 0 radical (unpaired) electrons. The number of rotatable bonds is 5. The van der Waals surface area contributed by atoms with E-state index in [1.54, 1.807) is 13.0 Å². The summed E-state index contributed by atoms with van der Waals surface area (Å²) in [5.41, 5.74) is 5.84. The van der Waals surface area contributed by atoms with Gasteiger partial charge in [-0.2, -0.15) is 0 Å². The van der Waals surface area contributed by atoms with E-state index in [0.717, 1.165) is 15.5 Å². The van der Waals surface area contributed by atoms with Gasteiger partial charge in [-0.1, -0.05) is 22.9 Å². The molecule has 0 fully saturated rings. The Bertz CT molecular complexity index is 986. The van der Waals surface area contributed by atoms with E-state index in [9.17, 15) is 14.0 Å². The molecular formula is C15H11ClFN3O2S3. The van der Waals surface area contributed by atoms with Crippen LogP contribution in [0.25, 0.3) is 10.1 Å². The molecule has 0 atom stereocenters. The van der Waals surface area contributed by atoms with Crippen LogP contribution in [0.5, 0.6) is 0 Å². The van der Waals surface area contributed by atoms with Crippen molar-refractivity contribution in [2.24, 2.45) is 5.73 Å². The van der Waals surface area contributed by atoms with Crippen LogP contribution in [0.15, 0.2) is 22.4 Å². The van der Waals surface area contributed by atoms with Crippen molar-refractivity contribution in [3.8, 4) is 0 Å². The van der Waals surface area contributed by atoms with Gasteiger partial charge in [-0.25, -0.2) is 9.37 Å². The molecule has 5 nitrogen and oxygen atoms in total. The second-order valence-electron chi connectivity index (χ2n) is 4.99. The Morgan fingerprint density at radius 2 is 2.16 bits per heavy atom. The number of primary amides is 1. The molecule has 0 saturated carbocycles. The Balaban J connectivity index is 1.82. The third kappa shape index (κ3) is 3.95. The third-order valence-corrected chi connectivity index (χ3v) is 7.23. The number of aromatic nitrogens is 1. The van der Waals surface area contributed by atoms with Crippen molar-refractivity contribution in [1.29, 1.82) is 0 Å². The van der Waals surface area contributed by atoms with Crippen molar-refractivity contribution in [2.75, 3.05) is 11.1 Å². The maximum Gasteiger partial charge on any atom is 0.269 e. The fourth-order valence-electron chi connectivity index (χ4n) is 2.05. The van der Waals surface area contributed by atoms with Gasteiger partial charge in [-0.05, 0) is 25.1 Å². The Morgan fingerprint density at radius 3 is 2.88 bits per heavy atom. The van der Waals surface area contributed by atoms with E-state index in [4.69, 9.17) is 17.3 Å². The van der Waals surface area contributed by atoms with Crippen molar-refractivity contribution in [3.63, 3.8) is 0 Å². The summed E-state index contributed by atoms with van der Waals surface area (Å²) in [7, 11) is 0. The molecule has 0 saturated heterocycles. The monoisotopic (exact) mass is 415 g/mol. The maximum absolute atomic E-state index is 13.3. The molecule has 2 aromatic heterocycles. The highest BCUT2D eigenvalue weighted by Gasteiger charge is 2.19. The highest BCUT2D eigenvalue weighted by Crippen LogP contribution is 2.37. The molecule has 0 spiro atoms. The average molecular weight is 416 g/mol. The lowest BCUT2D eigenvalue weighted by Gasteiger charge is -1.99. The van der Waals surface area contributed by atoms with Crippen LogP contribution >= 0.6 is 46.0 Å². The number of carbonyl (C=O) groups is 2. The van der Waals surface area contributed by atoms with Crippen LogP contribution in [0.4, 0.5) is 9.52 Å². The lowest BCUT2D eigenvalue weighted by atomic mass is 10.2. The predicted octanol–water partition coefficient (Wildman–Crippen LogP) is 4.29. The van der Waals surface area contributed by atoms with Crippen LogP contribution in [0.1, 0.15) is 15.4 Å². The smallest absolute Gasteiger partial charge is 0.269 e. The summed E-state index contributed by atoms with van der Waals surface area (Å²) < 4.78 is 14.7. The van der Waals surface area contributed by atoms with E-state index in [1.165, 1.54) is 35.2 Å². The van der Waals surface area contributed by atoms with Gasteiger partial charge in [0.05, 0.1) is 20.7 Å². The zero-order valence-corrected chi connectivity index (χ0v) is 16.0. The molecule has 0 aliphatic rings. The number of halogens is 2. The highest BCUT2D eigenvalue weighted by atomic mass is 35.5. The predicted molar refractivity (Wildman–Crippen MR) is 102 cm³/mol. The van der Waals surface area contributed by atoms with Gasteiger partial charge < -0.3 is 5.73 Å². The number of thiazole rings is 1. The molecule has 10 heteroatoms. The fraction of sp³-hybridized carbons (Fsp3) is 0.133. The first-order valence-corrected chi connectivity index (χ1v) is 9.92. The van der Waals surface area contributed by atoms with Gasteiger partial charge in [0.25, 0.3) is 5.91 Å². The SMILES string of the molecule is Cc1nc(NC(=O)c2sc3cc(F)ccc3c2Cl)sc1SCC(N)=O. The Morgan fingerprint density at radius 1 is 1.40 bits per heavy atom. The van der Waals surface area contributed by atoms with Crippen molar-refractivity contribution in [1.82, 2.24) is 4.98 Å². The van der Waals surface area contributed by atoms with Gasteiger partial charge in [-0.15, -0.1) is 23.1 Å². The Kier molecular flexibility index (Phi) is 5.28. The lowest BCUT2D eigenvalue weighted by Crippen LogP contribution is -2.12. The first-order valence-electron chi connectivity index (χ1n) is 6.92. The number of hydrogen-bond donors (Lipinski definition) is 2. The van der Waals surface area contributed by atoms with Gasteiger partial charge in [0, 0.05) is 10.1 Å². The van der Waals surface area contributed by atoms with E-state index in [2.05, 4.69) is 10.3 Å². The van der Waals surface area contributed by atoms with Crippen LogP contribution in [-0.2, 0) is 4.79 Å². The van der Waals surface area contributed by atoms with Crippen molar-refractivity contribution in [3.05, 3.63) is 39.6 Å². The summed E-state index contributed by atoms with van der Waals surface area (Å²) in [6.45, 7) is 1.78. The van der Waals surface area contributed by atoms with E-state index in [-0.39, 0.29) is 16.6 Å². The minimum atomic E-state index is -0.423. The number of thioether (sulfide) groups is 1. The van der Waals surface area contributed by atoms with Gasteiger partial charge in [-0.3, -0.25) is 14.9 Å². The summed E-state index contributed by atoms with van der Waals surface area (Å²) in [6.07, 6.45) is 0. The van der Waals surface area contributed by atoms with Crippen LogP contribution in [0, 0.1) is 12.7 Å². The summed E-state index contributed by atoms with van der Waals surface area (Å²) in [6, 6.07) is 4.19. The van der Waals surface area contributed by atoms with Crippen molar-refractivity contribution in [2.45, 2.75) is 11.1 Å². The van der Waals surface area contributed by atoms with Crippen LogP contribution in [0.2, 0.25) is 5.02 Å². The minimum Gasteiger partial charge on any atom is -0.369 e. The fourth-order valence-corrected chi connectivity index (χ4v) is 5.35. The number of fused-ring (bicyclic) bond motifs is 1. The number of hydrogen-bond acceptors (Lipinski definition) is 6. The first-order chi connectivity index (χ1) is 11.8. The molecule has 25 heavy (non-hydrogen) atoms. The molecule has 2 amide bonds. The standard InChI is InChI=1S/C15H11ClFN3O2S3/c1-6-14(23-5-10(18)21)25-15(19-6)20-13(22)12-11(16)8-3-2-7(17)4-9(8)24-12/h2-4H,5H2,1H3,(H2,18,21)(H,19,20,22). The molecule has 0 bridgehead atoms. The number of aryl methyl sites for hydroxylation is 1. The number of anilines is 1. The summed E-state index contributed by atoms with van der Waals surface area (Å²) >= 11 is 9.89. The number of nitrogens with two attached hydrogens (primary N) is 1. The van der Waals surface area contributed by atoms with Crippen molar-refractivity contribution >= 4 is 73.1 Å². The number of thiophene rings is 1. The Hall–Kier alpha value is -1.68. The van der Waals surface area contributed by atoms with Gasteiger partial charge >= 0.3 is 0 Å². The van der Waals surface area contributed by atoms with Crippen molar-refractivity contribution < 1.29 is 14.0 Å². The first kappa shape index (κ1) is 18.1. The molecule has 0 unspecified atom stereocenters. The van der Waals surface area contributed by atoms with Crippen LogP contribution in [-0.4, -0.2) is 22.6 Å². The zero-order chi connectivity index (χ0) is 18.1. The number of nitrogens with one attached hydrogen (secondary N) is 1. The Labute approximate surface area is 159 Å². The number of carbonyl (C=O) groups excluding carboxylic acids is 2. The van der Waals surface area contributed by atoms with Gasteiger partial charge in [0.1, 0.15) is 10.7 Å². The second kappa shape index (κ2) is 7.28. The van der Waals surface area contributed by atoms with Gasteiger partial charge in [0.2, 0.25) is 5.91 Å². The average Bonchev–Trinajstić information content (AvgIpc) is 3.05. The number of nitrogens with zero attached hydrogens (tertiary/aromatic N) is 1. The summed E-state index contributed by atoms with van der Waals surface area (Å²) in [5.74, 6) is -1.08. The molecule has 2 heterocycles. The maximum atomic E-state index is 13.3. The number of benzene rings is 1. The molecule has 0 aliphatic heterocycles. The summed E-state index contributed by atoms with van der Waals surface area (Å²) in [4.78, 5) is 27.9. The quantitative estimate of drug-likeness (QED) is 0.609. The largest absolute Gasteiger partial charge is 0.369 e. The highest BCUT2D eigenvalue weighted by molar-refractivity contribution is 8.01. The molecular weight excluding hydrogens is 405 g/mol. The third-order valence-electron chi connectivity index (χ3n) is 3.12. The van der Waals surface area contributed by atoms with Gasteiger partial charge in [0.15, 0.2) is 5.13 Å². The zero-order valence-electron chi connectivity index (χ0n) is 12.8. The lowest BCUT2D eigenvalue weighted by molar-refractivity contribution is -0.115. The molecule has 3 rings (SSSR count). The second-order valence-corrected chi connectivity index (χ2v) is 8.66. The molecule has 3 N–H and O–H groups in total. The topological polar surface area (TPSA) is 85.1 Å². The van der Waals surface area contributed by atoms with Crippen LogP contribution < -0.4 is 11.1 Å². The van der Waals surface area contributed by atoms with E-state index < -0.39 is 11.8 Å². The normalized spacial score (nSPS) is 11.0. The molecule has 1 aromatic carbocycles. The number of amides is 2. The minimum absolute atomic E-state index is 0.143.